The molecule has 0 heterocycles. The monoisotopic (exact) mass is 356 g/mol. The average molecular weight is 356 g/mol. The van der Waals surface area contributed by atoms with E-state index in [0.29, 0.717) is 0 Å². The predicted molar refractivity (Wildman–Crippen MR) is 106 cm³/mol. The fourth-order valence-electron chi connectivity index (χ4n) is 2.82. The van der Waals surface area contributed by atoms with Crippen molar-refractivity contribution in [3.8, 4) is 5.75 Å². The Balaban J connectivity index is 2.00. The first-order valence-electron chi connectivity index (χ1n) is 8.95. The summed E-state index contributed by atoms with van der Waals surface area (Å²) >= 11 is 0. The van der Waals surface area contributed by atoms with Gasteiger partial charge in [0, 0.05) is 24.5 Å². The number of carbonyl (C=O) groups is 1. The minimum absolute atomic E-state index is 0.351. The number of methoxy groups -OCH3 is 1. The number of hydrogen-bond acceptors (Lipinski definition) is 4. The molecule has 0 radical (unpaired) electrons. The van der Waals surface area contributed by atoms with Crippen LogP contribution in [0.1, 0.15) is 38.0 Å². The maximum atomic E-state index is 12.2. The van der Waals surface area contributed by atoms with Gasteiger partial charge in [0.2, 0.25) is 0 Å². The van der Waals surface area contributed by atoms with Crippen molar-refractivity contribution in [3.63, 3.8) is 0 Å². The highest BCUT2D eigenvalue weighted by molar-refractivity contribution is 5.86. The molecule has 0 spiro atoms. The SMILES string of the molecule is CCN(CC)c1ccc(NC(=O)OC(C)c2ccc(OC)cc2)c(C)c1. The molecule has 0 aliphatic rings. The van der Waals surface area contributed by atoms with Gasteiger partial charge in [0.05, 0.1) is 7.11 Å². The van der Waals surface area contributed by atoms with Crippen LogP contribution in [0.4, 0.5) is 16.2 Å². The molecule has 1 atom stereocenters. The minimum Gasteiger partial charge on any atom is -0.497 e. The Morgan fingerprint density at radius 1 is 1.12 bits per heavy atom. The molecular weight excluding hydrogens is 328 g/mol. The highest BCUT2D eigenvalue weighted by atomic mass is 16.6. The van der Waals surface area contributed by atoms with Crippen molar-refractivity contribution in [2.24, 2.45) is 0 Å². The minimum atomic E-state index is -0.466. The van der Waals surface area contributed by atoms with E-state index in [-0.39, 0.29) is 6.10 Å². The van der Waals surface area contributed by atoms with Crippen molar-refractivity contribution >= 4 is 17.5 Å². The zero-order valence-electron chi connectivity index (χ0n) is 16.2. The summed E-state index contributed by atoms with van der Waals surface area (Å²) in [5.74, 6) is 0.773. The third-order valence-electron chi connectivity index (χ3n) is 4.44. The van der Waals surface area contributed by atoms with Crippen LogP contribution in [0.3, 0.4) is 0 Å². The van der Waals surface area contributed by atoms with E-state index in [0.717, 1.165) is 41.3 Å². The Hall–Kier alpha value is -2.69. The molecule has 0 saturated carbocycles. The number of carbonyl (C=O) groups excluding carboxylic acids is 1. The quantitative estimate of drug-likeness (QED) is 0.744. The van der Waals surface area contributed by atoms with Gasteiger partial charge in [-0.2, -0.15) is 0 Å². The zero-order valence-corrected chi connectivity index (χ0v) is 16.2. The van der Waals surface area contributed by atoms with Gasteiger partial charge in [0.1, 0.15) is 11.9 Å². The maximum absolute atomic E-state index is 12.2. The van der Waals surface area contributed by atoms with Gasteiger partial charge in [-0.3, -0.25) is 5.32 Å². The highest BCUT2D eigenvalue weighted by Gasteiger charge is 2.13. The molecule has 1 unspecified atom stereocenters. The first-order chi connectivity index (χ1) is 12.5. The lowest BCUT2D eigenvalue weighted by Gasteiger charge is -2.22. The molecule has 1 N–H and O–H groups in total. The number of hydrogen-bond donors (Lipinski definition) is 1. The van der Waals surface area contributed by atoms with Gasteiger partial charge in [-0.15, -0.1) is 0 Å². The van der Waals surface area contributed by atoms with Crippen molar-refractivity contribution in [2.75, 3.05) is 30.4 Å². The van der Waals surface area contributed by atoms with Crippen LogP contribution in [0.15, 0.2) is 42.5 Å². The maximum Gasteiger partial charge on any atom is 0.412 e. The van der Waals surface area contributed by atoms with Gasteiger partial charge in [0.25, 0.3) is 0 Å². The Labute approximate surface area is 155 Å². The second kappa shape index (κ2) is 9.13. The summed E-state index contributed by atoms with van der Waals surface area (Å²) in [6.07, 6.45) is -0.817. The van der Waals surface area contributed by atoms with E-state index in [9.17, 15) is 4.79 Å². The van der Waals surface area contributed by atoms with Crippen molar-refractivity contribution < 1.29 is 14.3 Å². The van der Waals surface area contributed by atoms with Crippen molar-refractivity contribution in [3.05, 3.63) is 53.6 Å². The molecule has 5 heteroatoms. The molecule has 26 heavy (non-hydrogen) atoms. The van der Waals surface area contributed by atoms with Gasteiger partial charge in [-0.25, -0.2) is 4.79 Å². The molecule has 5 nitrogen and oxygen atoms in total. The first kappa shape index (κ1) is 19.6. The predicted octanol–water partition coefficient (Wildman–Crippen LogP) is 5.16. The standard InChI is InChI=1S/C21H28N2O3/c1-6-23(7-2)18-10-13-20(15(3)14-18)22-21(24)26-16(4)17-8-11-19(25-5)12-9-17/h8-14,16H,6-7H2,1-5H3,(H,22,24). The van der Waals surface area contributed by atoms with E-state index in [1.165, 1.54) is 0 Å². The number of nitrogens with one attached hydrogen (secondary N) is 1. The number of benzene rings is 2. The van der Waals surface area contributed by atoms with Crippen LogP contribution < -0.4 is 15.0 Å². The fraction of sp³-hybridized carbons (Fsp3) is 0.381. The van der Waals surface area contributed by atoms with Gasteiger partial charge >= 0.3 is 6.09 Å². The van der Waals surface area contributed by atoms with Crippen LogP contribution in [0.25, 0.3) is 0 Å². The Morgan fingerprint density at radius 2 is 1.77 bits per heavy atom. The number of amides is 1. The van der Waals surface area contributed by atoms with E-state index < -0.39 is 6.09 Å². The summed E-state index contributed by atoms with van der Waals surface area (Å²) < 4.78 is 10.6. The molecule has 0 bridgehead atoms. The molecule has 2 aromatic rings. The number of rotatable bonds is 7. The molecular formula is C21H28N2O3. The molecule has 2 rings (SSSR count). The molecule has 0 aliphatic carbocycles. The largest absolute Gasteiger partial charge is 0.497 e. The zero-order chi connectivity index (χ0) is 19.1. The van der Waals surface area contributed by atoms with Gasteiger partial charge in [0.15, 0.2) is 0 Å². The molecule has 0 aliphatic heterocycles. The summed E-state index contributed by atoms with van der Waals surface area (Å²) in [6.45, 7) is 9.98. The smallest absolute Gasteiger partial charge is 0.412 e. The highest BCUT2D eigenvalue weighted by Crippen LogP contribution is 2.24. The van der Waals surface area contributed by atoms with Gasteiger partial charge in [-0.05, 0) is 69.2 Å². The molecule has 0 aromatic heterocycles. The van der Waals surface area contributed by atoms with Crippen LogP contribution in [0.2, 0.25) is 0 Å². The number of ether oxygens (including phenoxy) is 2. The summed E-state index contributed by atoms with van der Waals surface area (Å²) in [6, 6.07) is 13.5. The topological polar surface area (TPSA) is 50.8 Å². The van der Waals surface area contributed by atoms with E-state index in [1.54, 1.807) is 7.11 Å². The summed E-state index contributed by atoms with van der Waals surface area (Å²) in [5.41, 5.74) is 3.82. The van der Waals surface area contributed by atoms with E-state index >= 15 is 0 Å². The van der Waals surface area contributed by atoms with Gasteiger partial charge < -0.3 is 14.4 Å². The van der Waals surface area contributed by atoms with Gasteiger partial charge in [-0.1, -0.05) is 12.1 Å². The van der Waals surface area contributed by atoms with Crippen LogP contribution >= 0.6 is 0 Å². The summed E-state index contributed by atoms with van der Waals surface area (Å²) in [4.78, 5) is 14.5. The second-order valence-corrected chi connectivity index (χ2v) is 6.12. The lowest BCUT2D eigenvalue weighted by atomic mass is 10.1. The first-order valence-corrected chi connectivity index (χ1v) is 8.95. The molecule has 140 valence electrons. The Kier molecular flexibility index (Phi) is 6.89. The van der Waals surface area contributed by atoms with Crippen LogP contribution in [-0.4, -0.2) is 26.3 Å². The third kappa shape index (κ3) is 4.91. The normalized spacial score (nSPS) is 11.6. The van der Waals surface area contributed by atoms with Crippen molar-refractivity contribution in [1.82, 2.24) is 0 Å². The average Bonchev–Trinajstić information content (AvgIpc) is 2.65. The lowest BCUT2D eigenvalue weighted by molar-refractivity contribution is 0.121. The number of aryl methyl sites for hydroxylation is 1. The molecule has 1 amide bonds. The molecule has 2 aromatic carbocycles. The van der Waals surface area contributed by atoms with E-state index in [2.05, 4.69) is 30.1 Å². The Morgan fingerprint density at radius 3 is 2.31 bits per heavy atom. The fourth-order valence-corrected chi connectivity index (χ4v) is 2.82. The van der Waals surface area contributed by atoms with Crippen LogP contribution in [0, 0.1) is 6.92 Å². The van der Waals surface area contributed by atoms with E-state index in [4.69, 9.17) is 9.47 Å². The third-order valence-corrected chi connectivity index (χ3v) is 4.44. The number of anilines is 2. The van der Waals surface area contributed by atoms with Crippen molar-refractivity contribution in [1.29, 1.82) is 0 Å². The molecule has 0 saturated heterocycles. The lowest BCUT2D eigenvalue weighted by Crippen LogP contribution is -2.22. The Bertz CT molecular complexity index is 725. The van der Waals surface area contributed by atoms with Crippen molar-refractivity contribution in [2.45, 2.75) is 33.8 Å². The van der Waals surface area contributed by atoms with Crippen LogP contribution in [0.5, 0.6) is 5.75 Å². The molecule has 0 fully saturated rings. The summed E-state index contributed by atoms with van der Waals surface area (Å²) in [7, 11) is 1.62. The van der Waals surface area contributed by atoms with Crippen LogP contribution in [-0.2, 0) is 4.74 Å². The summed E-state index contributed by atoms with van der Waals surface area (Å²) in [5, 5.41) is 2.83. The van der Waals surface area contributed by atoms with E-state index in [1.807, 2.05) is 50.2 Å². The number of nitrogens with zero attached hydrogens (tertiary/aromatic N) is 1. The second-order valence-electron chi connectivity index (χ2n) is 6.12.